The smallest absolute Gasteiger partial charge is 0.324 e. The molecule has 0 spiro atoms. The maximum absolute atomic E-state index is 14.3. The molecule has 2 saturated heterocycles. The molecule has 0 amide bonds. The fourth-order valence-corrected chi connectivity index (χ4v) is 4.72. The van der Waals surface area contributed by atoms with Crippen LogP contribution in [0.15, 0.2) is 35.1 Å². The predicted octanol–water partition coefficient (Wildman–Crippen LogP) is 3.38. The Morgan fingerprint density at radius 1 is 1.11 bits per heavy atom. The number of piperidine rings is 1. The van der Waals surface area contributed by atoms with Crippen LogP contribution in [0, 0.1) is 11.6 Å². The standard InChI is InChI=1S/C25H31F2N7O2/c1-15(2)23-31-25(36-32-23)33-7-5-18(6-8-33)35-14-16-10-29-24(30-11-16)34-12-20(22(28)13-34)19-9-17(26)3-4-21(19)27/h3-4,9-11,15,18,20,22H,5-8,12-14,28H2,1-2H3/t20-,22+/m1/s1. The van der Waals surface area contributed by atoms with Crippen LogP contribution in [0.1, 0.15) is 55.5 Å². The molecule has 0 bridgehead atoms. The molecule has 4 heterocycles. The highest BCUT2D eigenvalue weighted by Crippen LogP contribution is 2.31. The van der Waals surface area contributed by atoms with Crippen LogP contribution in [-0.4, -0.2) is 58.4 Å². The van der Waals surface area contributed by atoms with Gasteiger partial charge in [-0.15, -0.1) is 0 Å². The van der Waals surface area contributed by atoms with Gasteiger partial charge in [-0.1, -0.05) is 19.0 Å². The Morgan fingerprint density at radius 2 is 1.86 bits per heavy atom. The van der Waals surface area contributed by atoms with Crippen molar-refractivity contribution in [1.82, 2.24) is 20.1 Å². The Kier molecular flexibility index (Phi) is 7.10. The minimum Gasteiger partial charge on any atom is -0.373 e. The van der Waals surface area contributed by atoms with E-state index < -0.39 is 11.6 Å². The molecule has 0 aliphatic carbocycles. The molecule has 2 aromatic heterocycles. The van der Waals surface area contributed by atoms with E-state index in [9.17, 15) is 8.78 Å². The first-order valence-electron chi connectivity index (χ1n) is 12.3. The molecule has 0 unspecified atom stereocenters. The topological polar surface area (TPSA) is 106 Å². The molecule has 5 rings (SSSR count). The van der Waals surface area contributed by atoms with Gasteiger partial charge in [-0.05, 0) is 36.6 Å². The fourth-order valence-electron chi connectivity index (χ4n) is 4.72. The average Bonchev–Trinajstić information content (AvgIpc) is 3.52. The normalized spacial score (nSPS) is 21.1. The van der Waals surface area contributed by atoms with Crippen LogP contribution in [0.4, 0.5) is 20.7 Å². The second-order valence-corrected chi connectivity index (χ2v) is 9.82. The Morgan fingerprint density at radius 3 is 2.56 bits per heavy atom. The predicted molar refractivity (Wildman–Crippen MR) is 130 cm³/mol. The van der Waals surface area contributed by atoms with Crippen molar-refractivity contribution in [3.63, 3.8) is 0 Å². The number of rotatable bonds is 7. The van der Waals surface area contributed by atoms with E-state index >= 15 is 0 Å². The van der Waals surface area contributed by atoms with Crippen molar-refractivity contribution in [2.24, 2.45) is 5.73 Å². The van der Waals surface area contributed by atoms with E-state index in [4.69, 9.17) is 15.0 Å². The van der Waals surface area contributed by atoms with Crippen LogP contribution < -0.4 is 15.5 Å². The summed E-state index contributed by atoms with van der Waals surface area (Å²) in [5.74, 6) is 0.217. The summed E-state index contributed by atoms with van der Waals surface area (Å²) in [7, 11) is 0. The summed E-state index contributed by atoms with van der Waals surface area (Å²) in [6, 6.07) is 3.71. The van der Waals surface area contributed by atoms with Gasteiger partial charge in [0.05, 0.1) is 12.7 Å². The summed E-state index contributed by atoms with van der Waals surface area (Å²) >= 11 is 0. The van der Waals surface area contributed by atoms with Crippen molar-refractivity contribution >= 4 is 12.0 Å². The lowest BCUT2D eigenvalue weighted by atomic mass is 9.94. The van der Waals surface area contributed by atoms with Crippen LogP contribution in [0.5, 0.6) is 0 Å². The number of benzene rings is 1. The number of halogens is 2. The lowest BCUT2D eigenvalue weighted by Crippen LogP contribution is -2.37. The zero-order valence-electron chi connectivity index (χ0n) is 20.5. The number of nitrogens with two attached hydrogens (primary N) is 1. The molecule has 36 heavy (non-hydrogen) atoms. The van der Waals surface area contributed by atoms with E-state index in [1.807, 2.05) is 18.7 Å². The molecule has 3 aromatic rings. The Bertz CT molecular complexity index is 1170. The van der Waals surface area contributed by atoms with E-state index in [1.54, 1.807) is 12.4 Å². The Balaban J connectivity index is 1.11. The maximum Gasteiger partial charge on any atom is 0.324 e. The summed E-state index contributed by atoms with van der Waals surface area (Å²) < 4.78 is 39.4. The van der Waals surface area contributed by atoms with Crippen molar-refractivity contribution in [1.29, 1.82) is 0 Å². The Labute approximate surface area is 208 Å². The lowest BCUT2D eigenvalue weighted by Gasteiger charge is -2.30. The Hall–Kier alpha value is -3.18. The molecule has 2 fully saturated rings. The molecule has 0 saturated carbocycles. The van der Waals surface area contributed by atoms with E-state index in [1.165, 1.54) is 6.07 Å². The summed E-state index contributed by atoms with van der Waals surface area (Å²) in [5, 5.41) is 4.04. The first-order chi connectivity index (χ1) is 17.4. The molecule has 2 atom stereocenters. The van der Waals surface area contributed by atoms with Gasteiger partial charge in [0, 0.05) is 62.0 Å². The van der Waals surface area contributed by atoms with Crippen LogP contribution >= 0.6 is 0 Å². The molecule has 2 aliphatic rings. The molecular weight excluding hydrogens is 468 g/mol. The van der Waals surface area contributed by atoms with Gasteiger partial charge < -0.3 is 24.8 Å². The van der Waals surface area contributed by atoms with Crippen LogP contribution in [0.2, 0.25) is 0 Å². The second-order valence-electron chi connectivity index (χ2n) is 9.82. The molecule has 0 radical (unpaired) electrons. The average molecular weight is 500 g/mol. The van der Waals surface area contributed by atoms with Gasteiger partial charge in [-0.25, -0.2) is 18.7 Å². The minimum atomic E-state index is -0.474. The number of ether oxygens (including phenoxy) is 1. The largest absolute Gasteiger partial charge is 0.373 e. The van der Waals surface area contributed by atoms with Crippen LogP contribution in [-0.2, 0) is 11.3 Å². The highest BCUT2D eigenvalue weighted by atomic mass is 19.1. The first kappa shape index (κ1) is 24.5. The number of nitrogens with zero attached hydrogens (tertiary/aromatic N) is 6. The maximum atomic E-state index is 14.3. The van der Waals surface area contributed by atoms with Gasteiger partial charge in [-0.2, -0.15) is 4.98 Å². The van der Waals surface area contributed by atoms with Crippen molar-refractivity contribution in [3.8, 4) is 0 Å². The van der Waals surface area contributed by atoms with E-state index in [0.717, 1.165) is 49.5 Å². The van der Waals surface area contributed by atoms with Gasteiger partial charge in [-0.3, -0.25) is 0 Å². The van der Waals surface area contributed by atoms with Crippen molar-refractivity contribution < 1.29 is 18.0 Å². The molecule has 192 valence electrons. The zero-order valence-corrected chi connectivity index (χ0v) is 20.5. The lowest BCUT2D eigenvalue weighted by molar-refractivity contribution is 0.0242. The van der Waals surface area contributed by atoms with Gasteiger partial charge >= 0.3 is 6.01 Å². The summed E-state index contributed by atoms with van der Waals surface area (Å²) in [5.41, 5.74) is 7.42. The molecule has 2 N–H and O–H groups in total. The first-order valence-corrected chi connectivity index (χ1v) is 12.3. The quantitative estimate of drug-likeness (QED) is 0.524. The molecule has 1 aromatic carbocycles. The SMILES string of the molecule is CC(C)c1noc(N2CCC(OCc3cnc(N4C[C@H](c5cc(F)ccc5F)[C@@H](N)C4)nc3)CC2)n1. The highest BCUT2D eigenvalue weighted by Gasteiger charge is 2.34. The minimum absolute atomic E-state index is 0.131. The van der Waals surface area contributed by atoms with Crippen molar-refractivity contribution in [2.45, 2.75) is 57.3 Å². The fraction of sp³-hybridized carbons (Fsp3) is 0.520. The summed E-state index contributed by atoms with van der Waals surface area (Å²) in [6.07, 6.45) is 5.34. The molecule has 2 aliphatic heterocycles. The van der Waals surface area contributed by atoms with Gasteiger partial charge in [0.1, 0.15) is 11.6 Å². The highest BCUT2D eigenvalue weighted by molar-refractivity contribution is 5.38. The number of aromatic nitrogens is 4. The summed E-state index contributed by atoms with van der Waals surface area (Å²) in [4.78, 5) is 17.4. The number of hydrogen-bond acceptors (Lipinski definition) is 9. The second kappa shape index (κ2) is 10.4. The van der Waals surface area contributed by atoms with Crippen molar-refractivity contribution in [3.05, 3.63) is 59.2 Å². The van der Waals surface area contributed by atoms with Crippen LogP contribution in [0.3, 0.4) is 0 Å². The number of anilines is 2. The molecule has 9 nitrogen and oxygen atoms in total. The third-order valence-electron chi connectivity index (χ3n) is 6.84. The van der Waals surface area contributed by atoms with Crippen LogP contribution in [0.25, 0.3) is 0 Å². The van der Waals surface area contributed by atoms with E-state index in [2.05, 4.69) is 25.0 Å². The molecule has 11 heteroatoms. The summed E-state index contributed by atoms with van der Waals surface area (Å²) in [6.45, 7) is 6.97. The van der Waals surface area contributed by atoms with E-state index in [-0.39, 0.29) is 24.0 Å². The zero-order chi connectivity index (χ0) is 25.2. The molecular formula is C25H31F2N7O2. The van der Waals surface area contributed by atoms with Gasteiger partial charge in [0.15, 0.2) is 5.82 Å². The monoisotopic (exact) mass is 499 g/mol. The number of hydrogen-bond donors (Lipinski definition) is 1. The van der Waals surface area contributed by atoms with Crippen molar-refractivity contribution in [2.75, 3.05) is 36.0 Å². The van der Waals surface area contributed by atoms with E-state index in [0.29, 0.717) is 37.2 Å². The third-order valence-corrected chi connectivity index (χ3v) is 6.84. The van der Waals surface area contributed by atoms with Gasteiger partial charge in [0.2, 0.25) is 5.95 Å². The van der Waals surface area contributed by atoms with Gasteiger partial charge in [0.25, 0.3) is 0 Å². The third kappa shape index (κ3) is 5.31.